The van der Waals surface area contributed by atoms with E-state index in [0.29, 0.717) is 24.4 Å². The third-order valence-corrected chi connectivity index (χ3v) is 7.15. The highest BCUT2D eigenvalue weighted by Crippen LogP contribution is 2.55. The van der Waals surface area contributed by atoms with Gasteiger partial charge in [-0.05, 0) is 81.3 Å². The van der Waals surface area contributed by atoms with Crippen LogP contribution in [0.1, 0.15) is 65.5 Å². The van der Waals surface area contributed by atoms with E-state index in [1.54, 1.807) is 7.11 Å². The van der Waals surface area contributed by atoms with Gasteiger partial charge in [0.2, 0.25) is 0 Å². The third kappa shape index (κ3) is 4.30. The molecule has 0 spiro atoms. The van der Waals surface area contributed by atoms with Crippen LogP contribution >= 0.6 is 0 Å². The first kappa shape index (κ1) is 22.5. The first-order valence-corrected chi connectivity index (χ1v) is 12.2. The van der Waals surface area contributed by atoms with Crippen molar-refractivity contribution in [1.82, 2.24) is 0 Å². The predicted octanol–water partition coefficient (Wildman–Crippen LogP) is 6.06. The molecule has 1 saturated carbocycles. The Morgan fingerprint density at radius 1 is 1.12 bits per heavy atom. The molecule has 2 atom stereocenters. The average molecular weight is 452 g/mol. The second-order valence-electron chi connectivity index (χ2n) is 9.85. The Morgan fingerprint density at radius 2 is 1.94 bits per heavy atom. The van der Waals surface area contributed by atoms with Gasteiger partial charge in [0.1, 0.15) is 5.84 Å². The van der Waals surface area contributed by atoms with Crippen molar-refractivity contribution in [2.45, 2.75) is 38.5 Å². The zero-order valence-corrected chi connectivity index (χ0v) is 20.3. The number of methoxy groups -OCH3 is 1. The summed E-state index contributed by atoms with van der Waals surface area (Å²) in [6.45, 7) is 5.96. The van der Waals surface area contributed by atoms with Gasteiger partial charge in [-0.15, -0.1) is 0 Å². The molecule has 4 nitrogen and oxygen atoms in total. The molecule has 3 aromatic rings. The van der Waals surface area contributed by atoms with Crippen LogP contribution in [0.25, 0.3) is 16.8 Å². The van der Waals surface area contributed by atoms with Gasteiger partial charge in [-0.25, -0.2) is 0 Å². The largest absolute Gasteiger partial charge is 0.384 e. The minimum Gasteiger partial charge on any atom is -0.384 e. The quantitative estimate of drug-likeness (QED) is 0.339. The highest BCUT2D eigenvalue weighted by Gasteiger charge is 2.40. The Balaban J connectivity index is 1.49. The number of ether oxygens (including phenoxy) is 1. The zero-order valence-electron chi connectivity index (χ0n) is 20.3. The van der Waals surface area contributed by atoms with E-state index in [1.807, 2.05) is 18.2 Å². The Morgan fingerprint density at radius 3 is 2.71 bits per heavy atom. The lowest BCUT2D eigenvalue weighted by Gasteiger charge is -2.20. The molecule has 0 saturated heterocycles. The highest BCUT2D eigenvalue weighted by atomic mass is 16.5. The summed E-state index contributed by atoms with van der Waals surface area (Å²) in [4.78, 5) is 4.84. The molecule has 1 aliphatic heterocycles. The van der Waals surface area contributed by atoms with Gasteiger partial charge in [-0.3, -0.25) is 10.4 Å². The van der Waals surface area contributed by atoms with Crippen molar-refractivity contribution in [2.24, 2.45) is 16.6 Å². The number of nitrogens with two attached hydrogens (primary N) is 1. The van der Waals surface area contributed by atoms with E-state index in [0.717, 1.165) is 29.5 Å². The van der Waals surface area contributed by atoms with Gasteiger partial charge in [0.05, 0.1) is 6.61 Å². The maximum atomic E-state index is 7.83. The number of nitrogens with one attached hydrogen (secondary N) is 1. The molecule has 3 aromatic carbocycles. The van der Waals surface area contributed by atoms with Gasteiger partial charge in [0.15, 0.2) is 0 Å². The van der Waals surface area contributed by atoms with Gasteiger partial charge in [0.25, 0.3) is 0 Å². The van der Waals surface area contributed by atoms with Crippen LogP contribution in [0.5, 0.6) is 0 Å². The fourth-order valence-electron chi connectivity index (χ4n) is 5.29. The minimum atomic E-state index is 0.0942. The van der Waals surface area contributed by atoms with Crippen LogP contribution in [0.3, 0.4) is 0 Å². The number of nitrogen functional groups attached to an aromatic ring is 1. The number of hydrogen-bond acceptors (Lipinski definition) is 3. The van der Waals surface area contributed by atoms with Gasteiger partial charge in [-0.2, -0.15) is 0 Å². The molecule has 0 aromatic heterocycles. The number of fused-ring (bicyclic) bond motifs is 2. The molecule has 2 unspecified atom stereocenters. The lowest BCUT2D eigenvalue weighted by atomic mass is 9.89. The summed E-state index contributed by atoms with van der Waals surface area (Å²) < 4.78 is 5.22. The molecule has 1 aliphatic carbocycles. The average Bonchev–Trinajstić information content (AvgIpc) is 3.64. The first-order chi connectivity index (χ1) is 16.5. The Bertz CT molecular complexity index is 1320. The van der Waals surface area contributed by atoms with Gasteiger partial charge >= 0.3 is 0 Å². The number of rotatable bonds is 7. The maximum Gasteiger partial charge on any atom is 0.122 e. The summed E-state index contributed by atoms with van der Waals surface area (Å²) in [5, 5.41) is 10.1. The summed E-state index contributed by atoms with van der Waals surface area (Å²) in [7, 11) is 1.70. The van der Waals surface area contributed by atoms with Crippen molar-refractivity contribution < 1.29 is 4.74 Å². The van der Waals surface area contributed by atoms with E-state index in [1.165, 1.54) is 39.8 Å². The fourth-order valence-corrected chi connectivity index (χ4v) is 5.29. The SMILES string of the molecule is COCC=Cc1cc(C2CC2c2ccc3c(c2)C(C(C)C)=NCC3)cc2ccc(C(=N)N)cc12. The van der Waals surface area contributed by atoms with Crippen LogP contribution in [0.15, 0.2) is 59.6 Å². The monoisotopic (exact) mass is 451 g/mol. The smallest absolute Gasteiger partial charge is 0.122 e. The van der Waals surface area contributed by atoms with Crippen molar-refractivity contribution in [2.75, 3.05) is 20.3 Å². The van der Waals surface area contributed by atoms with E-state index in [9.17, 15) is 0 Å². The molecule has 1 fully saturated rings. The topological polar surface area (TPSA) is 71.5 Å². The summed E-state index contributed by atoms with van der Waals surface area (Å²) in [5.74, 6) is 1.61. The molecule has 4 heteroatoms. The Labute approximate surface area is 202 Å². The molecule has 2 aliphatic rings. The highest BCUT2D eigenvalue weighted by molar-refractivity contribution is 6.04. The summed E-state index contributed by atoms with van der Waals surface area (Å²) in [5.41, 5.74) is 14.5. The minimum absolute atomic E-state index is 0.0942. The fraction of sp³-hybridized carbons (Fsp3) is 0.333. The van der Waals surface area contributed by atoms with E-state index < -0.39 is 0 Å². The molecular formula is C30H33N3O. The standard InChI is InChI=1S/C30H33N3O/c1-18(2)29-28-15-22(7-6-19(28)10-11-33-29)26-17-27(26)24-13-20(5-4-12-34-3)25-16-23(30(31)32)9-8-21(25)14-24/h4-9,13-16,18,26-27H,10-12,17H2,1-3H3,(H3,31,32). The number of aliphatic imine (C=N–C) groups is 1. The molecular weight excluding hydrogens is 418 g/mol. The number of hydrogen-bond donors (Lipinski definition) is 2. The van der Waals surface area contributed by atoms with Crippen LogP contribution in [-0.4, -0.2) is 31.8 Å². The van der Waals surface area contributed by atoms with Crippen molar-refractivity contribution in [3.8, 4) is 0 Å². The number of benzene rings is 3. The Kier molecular flexibility index (Phi) is 6.09. The van der Waals surface area contributed by atoms with Crippen molar-refractivity contribution in [3.05, 3.63) is 88.0 Å². The van der Waals surface area contributed by atoms with Gasteiger partial charge in [-0.1, -0.05) is 62.4 Å². The molecule has 0 bridgehead atoms. The van der Waals surface area contributed by atoms with E-state index in [2.05, 4.69) is 56.3 Å². The summed E-state index contributed by atoms with van der Waals surface area (Å²) >= 11 is 0. The van der Waals surface area contributed by atoms with Gasteiger partial charge in [0, 0.05) is 24.9 Å². The molecule has 3 N–H and O–H groups in total. The Hall–Kier alpha value is -3.24. The van der Waals surface area contributed by atoms with Gasteiger partial charge < -0.3 is 10.5 Å². The van der Waals surface area contributed by atoms with Crippen LogP contribution in [-0.2, 0) is 11.2 Å². The maximum absolute atomic E-state index is 7.83. The van der Waals surface area contributed by atoms with E-state index in [-0.39, 0.29) is 5.84 Å². The number of amidine groups is 1. The second kappa shape index (κ2) is 9.19. The third-order valence-electron chi connectivity index (χ3n) is 7.15. The van der Waals surface area contributed by atoms with Crippen LogP contribution < -0.4 is 5.73 Å². The normalized spacial score (nSPS) is 19.5. The zero-order chi connectivity index (χ0) is 23.8. The lowest BCUT2D eigenvalue weighted by Crippen LogP contribution is -2.18. The molecule has 0 amide bonds. The molecule has 0 radical (unpaired) electrons. The molecule has 174 valence electrons. The summed E-state index contributed by atoms with van der Waals surface area (Å²) in [6, 6.07) is 17.8. The predicted molar refractivity (Wildman–Crippen MR) is 142 cm³/mol. The molecule has 34 heavy (non-hydrogen) atoms. The van der Waals surface area contributed by atoms with Crippen molar-refractivity contribution in [1.29, 1.82) is 5.41 Å². The van der Waals surface area contributed by atoms with Crippen molar-refractivity contribution in [3.63, 3.8) is 0 Å². The first-order valence-electron chi connectivity index (χ1n) is 12.2. The van der Waals surface area contributed by atoms with E-state index in [4.69, 9.17) is 20.9 Å². The van der Waals surface area contributed by atoms with Crippen molar-refractivity contribution >= 4 is 28.4 Å². The molecule has 5 rings (SSSR count). The van der Waals surface area contributed by atoms with Crippen LogP contribution in [0.2, 0.25) is 0 Å². The number of nitrogens with zero attached hydrogens (tertiary/aromatic N) is 1. The van der Waals surface area contributed by atoms with Crippen LogP contribution in [0.4, 0.5) is 0 Å². The second-order valence-corrected chi connectivity index (χ2v) is 9.85. The molecule has 1 heterocycles. The lowest BCUT2D eigenvalue weighted by molar-refractivity contribution is 0.234. The van der Waals surface area contributed by atoms with E-state index >= 15 is 0 Å². The van der Waals surface area contributed by atoms with Crippen LogP contribution in [0, 0.1) is 11.3 Å². The summed E-state index contributed by atoms with van der Waals surface area (Å²) in [6.07, 6.45) is 6.38.